The van der Waals surface area contributed by atoms with E-state index in [4.69, 9.17) is 14.6 Å². The molecule has 104 valence electrons. The van der Waals surface area contributed by atoms with Crippen molar-refractivity contribution in [1.29, 1.82) is 5.26 Å². The number of hydrogen-bond donors (Lipinski definition) is 0. The molecule has 0 atom stereocenters. The quantitative estimate of drug-likeness (QED) is 0.455. The minimum atomic E-state index is 0. The summed E-state index contributed by atoms with van der Waals surface area (Å²) in [5.74, 6) is 0. The van der Waals surface area contributed by atoms with E-state index in [2.05, 4.69) is 47.9 Å². The average molecular weight is 431 g/mol. The van der Waals surface area contributed by atoms with Gasteiger partial charge in [-0.05, 0) is 0 Å². The van der Waals surface area contributed by atoms with Crippen molar-refractivity contribution in [2.75, 3.05) is 0 Å². The molecule has 0 fully saturated rings. The van der Waals surface area contributed by atoms with Gasteiger partial charge in [-0.15, -0.1) is 0 Å². The summed E-state index contributed by atoms with van der Waals surface area (Å²) in [6.07, 6.45) is 0. The Morgan fingerprint density at radius 1 is 0.947 bits per heavy atom. The minimum Gasteiger partial charge on any atom is -0.358 e. The van der Waals surface area contributed by atoms with Crippen molar-refractivity contribution in [1.82, 2.24) is 0 Å². The van der Waals surface area contributed by atoms with E-state index in [1.54, 1.807) is 6.07 Å². The number of nitrogens with zero attached hydrogens (tertiary/aromatic N) is 1. The molecule has 1 aromatic rings. The maximum absolute atomic E-state index is 7.50. The van der Waals surface area contributed by atoms with Gasteiger partial charge in [0.25, 0.3) is 0 Å². The van der Waals surface area contributed by atoms with E-state index in [1.165, 1.54) is 34.7 Å². The van der Waals surface area contributed by atoms with Crippen LogP contribution in [0.25, 0.3) is 0 Å². The average Bonchev–Trinajstić information content (AvgIpc) is 2.54. The van der Waals surface area contributed by atoms with Crippen LogP contribution in [0.1, 0.15) is 34.7 Å². The molecule has 19 heavy (non-hydrogen) atoms. The van der Waals surface area contributed by atoms with Crippen LogP contribution in [0.4, 0.5) is 0 Å². The van der Waals surface area contributed by atoms with Crippen LogP contribution < -0.4 is 0 Å². The van der Waals surface area contributed by atoms with Gasteiger partial charge in [0.2, 0.25) is 0 Å². The van der Waals surface area contributed by atoms with Crippen LogP contribution in [0.5, 0.6) is 0 Å². The molecule has 1 rings (SSSR count). The van der Waals surface area contributed by atoms with Gasteiger partial charge < -0.3 is 7.43 Å². The van der Waals surface area contributed by atoms with Crippen LogP contribution in [0, 0.1) is 66.7 Å². The molecule has 0 N–H and O–H groups in total. The second-order valence-electron chi connectivity index (χ2n) is 3.35. The van der Waals surface area contributed by atoms with Gasteiger partial charge in [0, 0.05) is 6.92 Å². The van der Waals surface area contributed by atoms with E-state index in [-0.39, 0.29) is 28.5 Å². The van der Waals surface area contributed by atoms with Crippen molar-refractivity contribution in [3.63, 3.8) is 0 Å². The van der Waals surface area contributed by atoms with Gasteiger partial charge in [-0.2, -0.15) is 33.1 Å². The van der Waals surface area contributed by atoms with E-state index < -0.39 is 0 Å². The van der Waals surface area contributed by atoms with Gasteiger partial charge >= 0.3 is 43.7 Å². The SMILES string of the molecule is CC#N.Cc1c(C)c(C)[c-](C)c1C.[C-]#[O+].[C-]#[O+].[CH3-].[W+2]. The van der Waals surface area contributed by atoms with Crippen LogP contribution in [0.3, 0.4) is 0 Å². The zero-order chi connectivity index (χ0) is 14.6. The van der Waals surface area contributed by atoms with Gasteiger partial charge in [0.1, 0.15) is 0 Å². The van der Waals surface area contributed by atoms with Crippen LogP contribution in [0.15, 0.2) is 0 Å². The Bertz CT molecular complexity index is 323. The first kappa shape index (κ1) is 30.8. The van der Waals surface area contributed by atoms with Gasteiger partial charge in [-0.25, -0.2) is 0 Å². The summed E-state index contributed by atoms with van der Waals surface area (Å²) in [5.41, 5.74) is 7.34. The first-order chi connectivity index (χ1) is 7.97. The number of rotatable bonds is 0. The second kappa shape index (κ2) is 19.4. The third-order valence-corrected chi connectivity index (χ3v) is 2.81. The summed E-state index contributed by atoms with van der Waals surface area (Å²) in [4.78, 5) is 0. The van der Waals surface area contributed by atoms with Crippen molar-refractivity contribution in [2.45, 2.75) is 41.5 Å². The Balaban J connectivity index is -0.0000000632. The third-order valence-electron chi connectivity index (χ3n) is 2.81. The van der Waals surface area contributed by atoms with Crippen LogP contribution >= 0.6 is 0 Å². The fraction of sp³-hybridized carbons (Fsp3) is 0.400. The molecule has 0 spiro atoms. The summed E-state index contributed by atoms with van der Waals surface area (Å²) in [6, 6.07) is 1.75. The third kappa shape index (κ3) is 10.6. The molecule has 0 amide bonds. The van der Waals surface area contributed by atoms with Crippen LogP contribution in [-0.2, 0) is 30.4 Å². The number of hydrogen-bond acceptors (Lipinski definition) is 1. The molecule has 0 unspecified atom stereocenters. The number of nitriles is 1. The molecule has 0 aliphatic carbocycles. The molecule has 0 radical (unpaired) electrons. The molecule has 0 aliphatic heterocycles. The predicted octanol–water partition coefficient (Wildman–Crippen LogP) is 3.85. The van der Waals surface area contributed by atoms with E-state index in [9.17, 15) is 0 Å². The maximum Gasteiger partial charge on any atom is 2.00 e. The van der Waals surface area contributed by atoms with E-state index in [1.807, 2.05) is 0 Å². The predicted molar refractivity (Wildman–Crippen MR) is 71.3 cm³/mol. The van der Waals surface area contributed by atoms with Crippen molar-refractivity contribution < 1.29 is 30.4 Å². The molecule has 1 aromatic carbocycles. The van der Waals surface area contributed by atoms with Crippen molar-refractivity contribution in [3.05, 3.63) is 48.5 Å². The van der Waals surface area contributed by atoms with Gasteiger partial charge in [-0.1, -0.05) is 34.6 Å². The van der Waals surface area contributed by atoms with Gasteiger partial charge in [0.15, 0.2) is 0 Å². The Morgan fingerprint density at radius 3 is 1.16 bits per heavy atom. The molecule has 0 bridgehead atoms. The Morgan fingerprint density at radius 2 is 1.11 bits per heavy atom. The van der Waals surface area contributed by atoms with Crippen molar-refractivity contribution >= 4 is 0 Å². The normalized spacial score (nSPS) is 6.16. The van der Waals surface area contributed by atoms with E-state index in [0.29, 0.717) is 0 Å². The monoisotopic (exact) mass is 431 g/mol. The first-order valence-electron chi connectivity index (χ1n) is 4.88. The van der Waals surface area contributed by atoms with Crippen molar-refractivity contribution in [2.24, 2.45) is 0 Å². The zero-order valence-corrected chi connectivity index (χ0v) is 15.6. The first-order valence-corrected chi connectivity index (χ1v) is 4.88. The smallest absolute Gasteiger partial charge is 0.358 e. The van der Waals surface area contributed by atoms with Crippen LogP contribution in [0.2, 0.25) is 0 Å². The molecule has 0 aromatic heterocycles. The molecule has 0 saturated carbocycles. The van der Waals surface area contributed by atoms with Gasteiger partial charge in [0.05, 0.1) is 6.07 Å². The van der Waals surface area contributed by atoms with E-state index >= 15 is 0 Å². The second-order valence-corrected chi connectivity index (χ2v) is 3.35. The summed E-state index contributed by atoms with van der Waals surface area (Å²) in [7, 11) is 0. The molecular formula is C15H21NO2W. The summed E-state index contributed by atoms with van der Waals surface area (Å²) in [6.45, 7) is 21.4. The largest absolute Gasteiger partial charge is 2.00 e. The fourth-order valence-electron chi connectivity index (χ4n) is 1.41. The fourth-order valence-corrected chi connectivity index (χ4v) is 1.41. The Kier molecular flexibility index (Phi) is 31.4. The standard InChI is InChI=1S/C10H15.C2H3N.2CO.CH3.W/c1-6-7(2)9(4)10(5)8(6)3;1-2-3;2*1-2;;/h1-5H3;1H3;;;1H3;/q-1;;;;-1;+2. The molecule has 0 heterocycles. The molecule has 0 aliphatic rings. The molecule has 4 heteroatoms. The topological polar surface area (TPSA) is 63.6 Å². The summed E-state index contributed by atoms with van der Waals surface area (Å²) >= 11 is 0. The molecular weight excluding hydrogens is 410 g/mol. The minimum absolute atomic E-state index is 0. The van der Waals surface area contributed by atoms with Crippen molar-refractivity contribution in [3.8, 4) is 6.07 Å². The Labute approximate surface area is 132 Å². The van der Waals surface area contributed by atoms with Gasteiger partial charge in [-0.3, -0.25) is 0 Å². The summed E-state index contributed by atoms with van der Waals surface area (Å²) in [5, 5.41) is 7.32. The molecule has 0 saturated heterocycles. The van der Waals surface area contributed by atoms with E-state index in [0.717, 1.165) is 0 Å². The molecule has 3 nitrogen and oxygen atoms in total. The Hall–Kier alpha value is -0.992. The summed E-state index contributed by atoms with van der Waals surface area (Å²) < 4.78 is 15.0. The van der Waals surface area contributed by atoms with Crippen LogP contribution in [-0.4, -0.2) is 0 Å². The maximum atomic E-state index is 7.50. The zero-order valence-electron chi connectivity index (χ0n) is 12.7.